The van der Waals surface area contributed by atoms with E-state index in [1.54, 1.807) is 17.4 Å². The van der Waals surface area contributed by atoms with Crippen molar-refractivity contribution in [3.05, 3.63) is 88.7 Å². The molecule has 1 N–H and O–H groups in total. The average Bonchev–Trinajstić information content (AvgIpc) is 3.36. The third-order valence-corrected chi connectivity index (χ3v) is 7.18. The summed E-state index contributed by atoms with van der Waals surface area (Å²) in [6.45, 7) is 3.43. The minimum atomic E-state index is 0.419. The van der Waals surface area contributed by atoms with Gasteiger partial charge in [0.25, 0.3) is 0 Å². The molecule has 0 saturated heterocycles. The van der Waals surface area contributed by atoms with Crippen LogP contribution in [-0.4, -0.2) is 34.8 Å². The summed E-state index contributed by atoms with van der Waals surface area (Å²) in [6.07, 6.45) is 2.90. The molecular formula is C27H23N3O3S. The molecule has 0 spiro atoms. The SMILES string of the molecule is ON=c1cc(-c2cc3sccc3cn2)oc2ccc(OCCN3CCc4ccccc4C3)cc12. The van der Waals surface area contributed by atoms with Crippen LogP contribution < -0.4 is 10.1 Å². The molecule has 170 valence electrons. The molecule has 0 fully saturated rings. The fraction of sp³-hybridized carbons (Fsp3) is 0.185. The molecule has 0 bridgehead atoms. The predicted octanol–water partition coefficient (Wildman–Crippen LogP) is 5.44. The maximum absolute atomic E-state index is 9.68. The molecule has 0 aliphatic carbocycles. The van der Waals surface area contributed by atoms with E-state index >= 15 is 0 Å². The van der Waals surface area contributed by atoms with Gasteiger partial charge in [-0.2, -0.15) is 0 Å². The molecular weight excluding hydrogens is 446 g/mol. The Balaban J connectivity index is 1.20. The summed E-state index contributed by atoms with van der Waals surface area (Å²) in [6, 6.07) is 20.0. The number of nitrogens with zero attached hydrogens (tertiary/aromatic N) is 3. The third-order valence-electron chi connectivity index (χ3n) is 6.30. The van der Waals surface area contributed by atoms with Crippen molar-refractivity contribution >= 4 is 32.4 Å². The van der Waals surface area contributed by atoms with Gasteiger partial charge >= 0.3 is 0 Å². The van der Waals surface area contributed by atoms with E-state index in [0.717, 1.165) is 41.9 Å². The molecule has 7 heteroatoms. The Kier molecular flexibility index (Phi) is 5.49. The highest BCUT2D eigenvalue weighted by molar-refractivity contribution is 7.17. The maximum Gasteiger partial charge on any atom is 0.155 e. The predicted molar refractivity (Wildman–Crippen MR) is 133 cm³/mol. The van der Waals surface area contributed by atoms with Gasteiger partial charge in [-0.15, -0.1) is 11.3 Å². The quantitative estimate of drug-likeness (QED) is 0.274. The van der Waals surface area contributed by atoms with Gasteiger partial charge in [0.2, 0.25) is 0 Å². The van der Waals surface area contributed by atoms with Crippen LogP contribution in [0.3, 0.4) is 0 Å². The van der Waals surface area contributed by atoms with Crippen LogP contribution in [-0.2, 0) is 13.0 Å². The molecule has 0 amide bonds. The van der Waals surface area contributed by atoms with Crippen molar-refractivity contribution in [2.24, 2.45) is 5.16 Å². The highest BCUT2D eigenvalue weighted by Crippen LogP contribution is 2.28. The van der Waals surface area contributed by atoms with Crippen molar-refractivity contribution in [1.29, 1.82) is 0 Å². The fourth-order valence-electron chi connectivity index (χ4n) is 4.47. The van der Waals surface area contributed by atoms with Crippen LogP contribution in [0, 0.1) is 0 Å². The zero-order valence-electron chi connectivity index (χ0n) is 18.5. The van der Waals surface area contributed by atoms with E-state index in [9.17, 15) is 5.21 Å². The first kappa shape index (κ1) is 20.9. The lowest BCUT2D eigenvalue weighted by atomic mass is 10.0. The van der Waals surface area contributed by atoms with Crippen molar-refractivity contribution in [3.63, 3.8) is 0 Å². The van der Waals surface area contributed by atoms with Crippen LogP contribution in [0.25, 0.3) is 32.5 Å². The minimum absolute atomic E-state index is 0.419. The highest BCUT2D eigenvalue weighted by atomic mass is 32.1. The van der Waals surface area contributed by atoms with E-state index in [2.05, 4.69) is 39.3 Å². The molecule has 0 unspecified atom stereocenters. The molecule has 0 radical (unpaired) electrons. The third kappa shape index (κ3) is 4.04. The second-order valence-corrected chi connectivity index (χ2v) is 9.37. The van der Waals surface area contributed by atoms with Crippen LogP contribution in [0.1, 0.15) is 11.1 Å². The summed E-state index contributed by atoms with van der Waals surface area (Å²) in [5.41, 5.74) is 4.16. The molecule has 3 aromatic heterocycles. The first-order valence-corrected chi connectivity index (χ1v) is 12.2. The zero-order valence-corrected chi connectivity index (χ0v) is 19.3. The van der Waals surface area contributed by atoms with Gasteiger partial charge in [0, 0.05) is 42.0 Å². The second-order valence-electron chi connectivity index (χ2n) is 8.43. The van der Waals surface area contributed by atoms with Crippen molar-refractivity contribution < 1.29 is 14.4 Å². The largest absolute Gasteiger partial charge is 0.492 e. The molecule has 34 heavy (non-hydrogen) atoms. The Labute approximate surface area is 200 Å². The van der Waals surface area contributed by atoms with Crippen molar-refractivity contribution in [2.45, 2.75) is 13.0 Å². The molecule has 1 aliphatic heterocycles. The Morgan fingerprint density at radius 2 is 2.00 bits per heavy atom. The van der Waals surface area contributed by atoms with Crippen LogP contribution in [0.2, 0.25) is 0 Å². The molecule has 4 heterocycles. The van der Waals surface area contributed by atoms with Crippen molar-refractivity contribution in [1.82, 2.24) is 9.88 Å². The van der Waals surface area contributed by atoms with Crippen LogP contribution in [0.15, 0.2) is 81.8 Å². The van der Waals surface area contributed by atoms with Crippen LogP contribution >= 0.6 is 11.3 Å². The number of hydrogen-bond donors (Lipinski definition) is 1. The summed E-state index contributed by atoms with van der Waals surface area (Å²) in [5, 5.41) is 17.4. The number of fused-ring (bicyclic) bond motifs is 3. The summed E-state index contributed by atoms with van der Waals surface area (Å²) in [4.78, 5) is 6.92. The van der Waals surface area contributed by atoms with Gasteiger partial charge in [0.15, 0.2) is 5.76 Å². The van der Waals surface area contributed by atoms with Gasteiger partial charge < -0.3 is 14.4 Å². The highest BCUT2D eigenvalue weighted by Gasteiger charge is 2.15. The zero-order chi connectivity index (χ0) is 22.9. The summed E-state index contributed by atoms with van der Waals surface area (Å²) in [7, 11) is 0. The molecule has 0 atom stereocenters. The first-order valence-electron chi connectivity index (χ1n) is 11.3. The van der Waals surface area contributed by atoms with E-state index in [1.165, 1.54) is 11.1 Å². The number of ether oxygens (including phenoxy) is 1. The lowest BCUT2D eigenvalue weighted by Crippen LogP contribution is -2.33. The van der Waals surface area contributed by atoms with E-state index in [0.29, 0.717) is 34.4 Å². The average molecular weight is 470 g/mol. The normalized spacial score (nSPS) is 14.5. The molecule has 2 aromatic carbocycles. The number of benzene rings is 2. The van der Waals surface area contributed by atoms with E-state index in [-0.39, 0.29) is 0 Å². The standard InChI is InChI=1S/C27H23N3O3S/c31-29-23-14-26(24-15-27-19(16-28-24)8-12-34-27)33-25-6-5-21(13-22(23)25)32-11-10-30-9-7-18-3-1-2-4-20(18)17-30/h1-6,8,12-16,31H,7,9-11,17H2. The van der Waals surface area contributed by atoms with E-state index in [4.69, 9.17) is 9.15 Å². The Morgan fingerprint density at radius 1 is 1.09 bits per heavy atom. The number of aromatic nitrogens is 1. The summed E-state index contributed by atoms with van der Waals surface area (Å²) >= 11 is 1.65. The van der Waals surface area contributed by atoms with Crippen molar-refractivity contribution in [2.75, 3.05) is 19.7 Å². The maximum atomic E-state index is 9.68. The van der Waals surface area contributed by atoms with E-state index < -0.39 is 0 Å². The lowest BCUT2D eigenvalue weighted by molar-refractivity contribution is 0.196. The monoisotopic (exact) mass is 469 g/mol. The van der Waals surface area contributed by atoms with Gasteiger partial charge in [0.05, 0.1) is 5.39 Å². The van der Waals surface area contributed by atoms with Gasteiger partial charge in [-0.3, -0.25) is 9.88 Å². The molecule has 0 saturated carbocycles. The number of thiophene rings is 1. The van der Waals surface area contributed by atoms with Gasteiger partial charge in [-0.1, -0.05) is 29.4 Å². The molecule has 6 nitrogen and oxygen atoms in total. The topological polar surface area (TPSA) is 71.1 Å². The van der Waals surface area contributed by atoms with Crippen LogP contribution in [0.5, 0.6) is 5.75 Å². The lowest BCUT2D eigenvalue weighted by Gasteiger charge is -2.28. The van der Waals surface area contributed by atoms with Crippen LogP contribution in [0.4, 0.5) is 0 Å². The Bertz CT molecular complexity index is 1560. The first-order chi connectivity index (χ1) is 16.8. The van der Waals surface area contributed by atoms with Gasteiger partial charge in [-0.05, 0) is 53.3 Å². The molecule has 1 aliphatic rings. The Morgan fingerprint density at radius 3 is 2.91 bits per heavy atom. The fourth-order valence-corrected chi connectivity index (χ4v) is 5.27. The number of rotatable bonds is 5. The summed E-state index contributed by atoms with van der Waals surface area (Å²) in [5.74, 6) is 1.27. The van der Waals surface area contributed by atoms with Gasteiger partial charge in [0.1, 0.15) is 29.0 Å². The van der Waals surface area contributed by atoms with Crippen molar-refractivity contribution in [3.8, 4) is 17.2 Å². The van der Waals surface area contributed by atoms with Gasteiger partial charge in [-0.25, -0.2) is 0 Å². The second kappa shape index (κ2) is 8.93. The van der Waals surface area contributed by atoms with E-state index in [1.807, 2.05) is 41.9 Å². The summed E-state index contributed by atoms with van der Waals surface area (Å²) < 4.78 is 13.3. The molecule has 5 aromatic rings. The minimum Gasteiger partial charge on any atom is -0.492 e. The number of hydrogen-bond acceptors (Lipinski definition) is 7. The number of pyridine rings is 1. The smallest absolute Gasteiger partial charge is 0.155 e. The molecule has 6 rings (SSSR count). The Hall–Kier alpha value is -3.68.